The summed E-state index contributed by atoms with van der Waals surface area (Å²) in [4.78, 5) is 9.83. The molecular weight excluding hydrogens is 258 g/mol. The highest BCUT2D eigenvalue weighted by Gasteiger charge is 2.31. The van der Waals surface area contributed by atoms with Crippen molar-refractivity contribution in [1.29, 1.82) is 0 Å². The van der Waals surface area contributed by atoms with Gasteiger partial charge < -0.3 is 4.74 Å². The highest BCUT2D eigenvalue weighted by molar-refractivity contribution is 6.59. The van der Waals surface area contributed by atoms with Gasteiger partial charge in [0.25, 0.3) is 0 Å². The topological polar surface area (TPSA) is 26.3 Å². The minimum Gasteiger partial charge on any atom is -0.469 e. The third-order valence-corrected chi connectivity index (χ3v) is 3.44. The molecule has 0 radical (unpaired) electrons. The van der Waals surface area contributed by atoms with Crippen molar-refractivity contribution in [2.75, 3.05) is 7.11 Å². The molecule has 0 saturated heterocycles. The van der Waals surface area contributed by atoms with Crippen molar-refractivity contribution in [3.8, 4) is 0 Å². The summed E-state index contributed by atoms with van der Waals surface area (Å²) in [6.07, 6.45) is 1.11. The number of hydrogen-bond donors (Lipinski definition) is 0. The minimum atomic E-state index is -1.20. The van der Waals surface area contributed by atoms with Crippen LogP contribution in [-0.2, 0) is 9.53 Å². The summed E-state index contributed by atoms with van der Waals surface area (Å²) in [6, 6.07) is 0. The fraction of sp³-hybridized carbons (Fsp3) is 0.857. The summed E-state index contributed by atoms with van der Waals surface area (Å²) in [5.74, 6) is -0.301. The van der Waals surface area contributed by atoms with Gasteiger partial charge in [0.1, 0.15) is 9.17 Å². The van der Waals surface area contributed by atoms with Crippen LogP contribution in [0.3, 0.4) is 0 Å². The predicted octanol–water partition coefficient (Wildman–Crippen LogP) is 3.31. The first kappa shape index (κ1) is 13.6. The molecule has 0 unspecified atom stereocenters. The minimum absolute atomic E-state index is 0.262. The van der Waals surface area contributed by atoms with Gasteiger partial charge >= 0.3 is 5.97 Å². The Morgan fingerprint density at radius 1 is 1.46 bits per heavy atom. The Kier molecular flexibility index (Phi) is 6.48. The van der Waals surface area contributed by atoms with Gasteiger partial charge in [-0.15, -0.1) is 23.2 Å². The molecule has 0 heterocycles. The van der Waals surface area contributed by atoms with Gasteiger partial charge in [-0.1, -0.05) is 23.2 Å². The largest absolute Gasteiger partial charge is 0.469 e. The zero-order valence-corrected chi connectivity index (χ0v) is 10.1. The van der Waals surface area contributed by atoms with E-state index in [9.17, 15) is 4.79 Å². The second kappa shape index (κ2) is 6.18. The van der Waals surface area contributed by atoms with E-state index >= 15 is 0 Å². The second-order valence-electron chi connectivity index (χ2n) is 2.49. The molecule has 0 fully saturated rings. The lowest BCUT2D eigenvalue weighted by molar-refractivity contribution is -0.140. The smallest absolute Gasteiger partial charge is 0.305 e. The molecule has 0 amide bonds. The summed E-state index contributed by atoms with van der Waals surface area (Å²) < 4.78 is 3.24. The normalized spacial score (nSPS) is 11.8. The lowest BCUT2D eigenvalue weighted by Gasteiger charge is -2.19. The van der Waals surface area contributed by atoms with Crippen LogP contribution in [0, 0.1) is 0 Å². The molecule has 0 bridgehead atoms. The maximum absolute atomic E-state index is 10.7. The van der Waals surface area contributed by atoms with Crippen LogP contribution in [-0.4, -0.2) is 22.2 Å². The number of carbonyl (C=O) groups is 1. The number of alkyl halides is 4. The maximum Gasteiger partial charge on any atom is 0.305 e. The molecular formula is C7H10Cl4O2. The third kappa shape index (κ3) is 5.84. The van der Waals surface area contributed by atoms with Crippen LogP contribution in [0.25, 0.3) is 0 Å². The highest BCUT2D eigenvalue weighted by Crippen LogP contribution is 2.36. The van der Waals surface area contributed by atoms with E-state index in [-0.39, 0.29) is 12.4 Å². The van der Waals surface area contributed by atoms with E-state index in [1.807, 2.05) is 0 Å². The van der Waals surface area contributed by atoms with Crippen molar-refractivity contribution in [3.63, 3.8) is 0 Å². The molecule has 0 aliphatic heterocycles. The molecule has 78 valence electrons. The number of carbonyl (C=O) groups excluding carboxylic acids is 1. The molecule has 0 N–H and O–H groups in total. The van der Waals surface area contributed by atoms with Crippen LogP contribution in [0.4, 0.5) is 0 Å². The van der Waals surface area contributed by atoms with Gasteiger partial charge in [-0.3, -0.25) is 4.79 Å². The fourth-order valence-corrected chi connectivity index (χ4v) is 1.17. The van der Waals surface area contributed by atoms with Crippen LogP contribution < -0.4 is 0 Å². The Labute approximate surface area is 97.4 Å². The van der Waals surface area contributed by atoms with Crippen LogP contribution >= 0.6 is 46.4 Å². The van der Waals surface area contributed by atoms with Gasteiger partial charge in [0.05, 0.1) is 7.11 Å². The number of rotatable bonds is 5. The Bertz CT molecular complexity index is 170. The van der Waals surface area contributed by atoms with Crippen LogP contribution in [0.5, 0.6) is 0 Å². The van der Waals surface area contributed by atoms with Gasteiger partial charge in [-0.2, -0.15) is 0 Å². The average Bonchev–Trinajstić information content (AvgIpc) is 2.03. The van der Waals surface area contributed by atoms with E-state index in [1.54, 1.807) is 0 Å². The average molecular weight is 268 g/mol. The van der Waals surface area contributed by atoms with Gasteiger partial charge in [0.2, 0.25) is 0 Å². The molecule has 2 nitrogen and oxygen atoms in total. The van der Waals surface area contributed by atoms with E-state index in [1.165, 1.54) is 7.11 Å². The van der Waals surface area contributed by atoms with Gasteiger partial charge in [0.15, 0.2) is 0 Å². The van der Waals surface area contributed by atoms with Crippen LogP contribution in [0.2, 0.25) is 0 Å². The van der Waals surface area contributed by atoms with Crippen LogP contribution in [0.1, 0.15) is 19.3 Å². The molecule has 6 heteroatoms. The molecule has 0 saturated carbocycles. The summed E-state index contributed by atoms with van der Waals surface area (Å²) in [6.45, 7) is 0. The summed E-state index contributed by atoms with van der Waals surface area (Å²) >= 11 is 22.5. The van der Waals surface area contributed by atoms with E-state index in [0.717, 1.165) is 0 Å². The second-order valence-corrected chi connectivity index (χ2v) is 5.13. The quantitative estimate of drug-likeness (QED) is 0.564. The maximum atomic E-state index is 10.7. The molecule has 0 aliphatic carbocycles. The van der Waals surface area contributed by atoms with Gasteiger partial charge in [-0.05, 0) is 12.8 Å². The van der Waals surface area contributed by atoms with Crippen molar-refractivity contribution in [2.45, 2.75) is 28.4 Å². The summed E-state index contributed by atoms with van der Waals surface area (Å²) in [5, 5.41) is 0. The van der Waals surface area contributed by atoms with Gasteiger partial charge in [0, 0.05) is 6.42 Å². The predicted molar refractivity (Wildman–Crippen MR) is 55.8 cm³/mol. The number of hydrogen-bond acceptors (Lipinski definition) is 2. The van der Waals surface area contributed by atoms with Crippen molar-refractivity contribution in [2.24, 2.45) is 0 Å². The first-order chi connectivity index (χ1) is 5.90. The Hall–Kier alpha value is 0.630. The number of esters is 1. The lowest BCUT2D eigenvalue weighted by atomic mass is 10.2. The van der Waals surface area contributed by atoms with Crippen LogP contribution in [0.15, 0.2) is 0 Å². The number of methoxy groups -OCH3 is 1. The first-order valence-corrected chi connectivity index (χ1v) is 5.26. The van der Waals surface area contributed by atoms with Crippen molar-refractivity contribution < 1.29 is 9.53 Å². The molecule has 0 aromatic rings. The monoisotopic (exact) mass is 266 g/mol. The van der Waals surface area contributed by atoms with Crippen molar-refractivity contribution >= 4 is 52.4 Å². The van der Waals surface area contributed by atoms with E-state index in [4.69, 9.17) is 46.4 Å². The van der Waals surface area contributed by atoms with Crippen molar-refractivity contribution in [3.05, 3.63) is 0 Å². The van der Waals surface area contributed by atoms with E-state index < -0.39 is 9.17 Å². The SMILES string of the molecule is COC(=O)CCCC(Cl)(Cl)C(Cl)Cl. The Morgan fingerprint density at radius 3 is 2.38 bits per heavy atom. The third-order valence-electron chi connectivity index (χ3n) is 1.44. The molecule has 0 atom stereocenters. The molecule has 0 aliphatic rings. The molecule has 0 aromatic heterocycles. The first-order valence-electron chi connectivity index (χ1n) is 3.63. The Balaban J connectivity index is 3.70. The summed E-state index contributed by atoms with van der Waals surface area (Å²) in [7, 11) is 1.32. The zero-order chi connectivity index (χ0) is 10.5. The molecule has 13 heavy (non-hydrogen) atoms. The Morgan fingerprint density at radius 2 is 2.00 bits per heavy atom. The lowest BCUT2D eigenvalue weighted by Crippen LogP contribution is -2.22. The standard InChI is InChI=1S/C7H10Cl4O2/c1-13-5(12)3-2-4-7(10,11)6(8)9/h6H,2-4H2,1H3. The fourth-order valence-electron chi connectivity index (χ4n) is 0.680. The molecule has 0 aromatic carbocycles. The molecule has 0 spiro atoms. The number of ether oxygens (including phenoxy) is 1. The van der Waals surface area contributed by atoms with Crippen molar-refractivity contribution in [1.82, 2.24) is 0 Å². The van der Waals surface area contributed by atoms with E-state index in [2.05, 4.69) is 4.74 Å². The number of halogens is 4. The highest BCUT2D eigenvalue weighted by atomic mass is 35.5. The van der Waals surface area contributed by atoms with E-state index in [0.29, 0.717) is 12.8 Å². The molecule has 0 rings (SSSR count). The zero-order valence-electron chi connectivity index (χ0n) is 7.03. The summed E-state index contributed by atoms with van der Waals surface area (Å²) in [5.41, 5.74) is 0. The van der Waals surface area contributed by atoms with Gasteiger partial charge in [-0.25, -0.2) is 0 Å².